The molecule has 3 N–H and O–H groups in total. The lowest BCUT2D eigenvalue weighted by Gasteiger charge is -2.32. The zero-order valence-electron chi connectivity index (χ0n) is 7.16. The van der Waals surface area contributed by atoms with E-state index in [2.05, 4.69) is 5.32 Å². The summed E-state index contributed by atoms with van der Waals surface area (Å²) in [5.74, 6) is 0. The highest BCUT2D eigenvalue weighted by Crippen LogP contribution is 2.09. The topological polar surface area (TPSA) is 75.4 Å². The van der Waals surface area contributed by atoms with E-state index in [0.29, 0.717) is 19.6 Å². The molecule has 1 atom stereocenters. The van der Waals surface area contributed by atoms with E-state index in [4.69, 9.17) is 5.14 Å². The lowest BCUT2D eigenvalue weighted by Crippen LogP contribution is -2.55. The van der Waals surface area contributed by atoms with Gasteiger partial charge in [0.05, 0.1) is 0 Å². The van der Waals surface area contributed by atoms with Crippen LogP contribution in [0.15, 0.2) is 0 Å². The second kappa shape index (κ2) is 3.69. The van der Waals surface area contributed by atoms with Crippen LogP contribution in [0.25, 0.3) is 0 Å². The molecule has 0 spiro atoms. The fourth-order valence-corrected chi connectivity index (χ4v) is 2.41. The Labute approximate surface area is 73.1 Å². The third-order valence-electron chi connectivity index (χ3n) is 2.09. The summed E-state index contributed by atoms with van der Waals surface area (Å²) in [6, 6.07) is 0.0220. The maximum absolute atomic E-state index is 11.0. The number of nitrogens with two attached hydrogens (primary N) is 1. The Morgan fingerprint density at radius 2 is 2.33 bits per heavy atom. The Bertz CT molecular complexity index is 239. The van der Waals surface area contributed by atoms with Gasteiger partial charge in [-0.1, -0.05) is 6.92 Å². The Hall–Kier alpha value is -0.170. The minimum absolute atomic E-state index is 0.0220. The summed E-state index contributed by atoms with van der Waals surface area (Å²) < 4.78 is 23.4. The normalized spacial score (nSPS) is 27.3. The summed E-state index contributed by atoms with van der Waals surface area (Å²) in [5.41, 5.74) is 0. The van der Waals surface area contributed by atoms with E-state index in [9.17, 15) is 8.42 Å². The molecule has 0 aromatic carbocycles. The van der Waals surface area contributed by atoms with E-state index in [1.54, 1.807) is 0 Å². The van der Waals surface area contributed by atoms with Gasteiger partial charge in [0.15, 0.2) is 0 Å². The van der Waals surface area contributed by atoms with Crippen LogP contribution < -0.4 is 10.5 Å². The van der Waals surface area contributed by atoms with Gasteiger partial charge in [-0.3, -0.25) is 0 Å². The fraction of sp³-hybridized carbons (Fsp3) is 1.00. The van der Waals surface area contributed by atoms with Crippen molar-refractivity contribution in [3.05, 3.63) is 0 Å². The van der Waals surface area contributed by atoms with Crippen molar-refractivity contribution in [3.8, 4) is 0 Å². The van der Waals surface area contributed by atoms with E-state index in [-0.39, 0.29) is 6.04 Å². The van der Waals surface area contributed by atoms with Crippen molar-refractivity contribution in [1.82, 2.24) is 9.62 Å². The number of piperazine rings is 1. The summed E-state index contributed by atoms with van der Waals surface area (Å²) in [6.07, 6.45) is 0.795. The lowest BCUT2D eigenvalue weighted by atomic mass is 10.2. The van der Waals surface area contributed by atoms with Gasteiger partial charge in [-0.25, -0.2) is 5.14 Å². The predicted molar refractivity (Wildman–Crippen MR) is 46.8 cm³/mol. The van der Waals surface area contributed by atoms with Gasteiger partial charge >= 0.3 is 0 Å². The fourth-order valence-electron chi connectivity index (χ4n) is 1.43. The molecular weight excluding hydrogens is 178 g/mol. The van der Waals surface area contributed by atoms with Gasteiger partial charge < -0.3 is 5.32 Å². The van der Waals surface area contributed by atoms with Gasteiger partial charge in [0.1, 0.15) is 0 Å². The third kappa shape index (κ3) is 2.16. The van der Waals surface area contributed by atoms with Crippen LogP contribution in [0.4, 0.5) is 0 Å². The smallest absolute Gasteiger partial charge is 0.277 e. The quantitative estimate of drug-likeness (QED) is 0.583. The van der Waals surface area contributed by atoms with Crippen LogP contribution >= 0.6 is 0 Å². The Morgan fingerprint density at radius 1 is 1.67 bits per heavy atom. The van der Waals surface area contributed by atoms with Crippen LogP contribution in [0.1, 0.15) is 13.3 Å². The van der Waals surface area contributed by atoms with Gasteiger partial charge in [0, 0.05) is 25.7 Å². The first-order valence-corrected chi connectivity index (χ1v) is 5.56. The summed E-state index contributed by atoms with van der Waals surface area (Å²) in [6.45, 7) is 3.83. The highest BCUT2D eigenvalue weighted by Gasteiger charge is 2.27. The van der Waals surface area contributed by atoms with Gasteiger partial charge in [0.2, 0.25) is 0 Å². The summed E-state index contributed by atoms with van der Waals surface area (Å²) >= 11 is 0. The molecule has 0 amide bonds. The van der Waals surface area contributed by atoms with Crippen molar-refractivity contribution >= 4 is 10.2 Å². The zero-order valence-corrected chi connectivity index (χ0v) is 7.97. The second-order valence-corrected chi connectivity index (χ2v) is 4.42. The highest BCUT2D eigenvalue weighted by molar-refractivity contribution is 7.86. The van der Waals surface area contributed by atoms with Crippen molar-refractivity contribution in [2.75, 3.05) is 19.6 Å². The molecule has 0 aromatic rings. The number of nitrogens with zero attached hydrogens (tertiary/aromatic N) is 1. The van der Waals surface area contributed by atoms with Crippen LogP contribution in [0.2, 0.25) is 0 Å². The lowest BCUT2D eigenvalue weighted by molar-refractivity contribution is 0.262. The molecule has 0 bridgehead atoms. The van der Waals surface area contributed by atoms with Crippen LogP contribution in [0, 0.1) is 0 Å². The molecule has 1 heterocycles. The molecule has 0 aromatic heterocycles. The van der Waals surface area contributed by atoms with Crippen LogP contribution in [-0.4, -0.2) is 38.4 Å². The maximum atomic E-state index is 11.0. The first-order chi connectivity index (χ1) is 5.55. The zero-order chi connectivity index (χ0) is 9.19. The molecule has 5 nitrogen and oxygen atoms in total. The van der Waals surface area contributed by atoms with E-state index in [0.717, 1.165) is 6.42 Å². The van der Waals surface area contributed by atoms with Crippen molar-refractivity contribution < 1.29 is 8.42 Å². The molecule has 6 heteroatoms. The average molecular weight is 193 g/mol. The van der Waals surface area contributed by atoms with Crippen molar-refractivity contribution in [3.63, 3.8) is 0 Å². The molecule has 1 fully saturated rings. The molecule has 72 valence electrons. The SMILES string of the molecule is CCC1CNCCN1S(N)(=O)=O. The first kappa shape index (κ1) is 9.91. The molecule has 1 aliphatic heterocycles. The average Bonchev–Trinajstić information content (AvgIpc) is 2.03. The van der Waals surface area contributed by atoms with Crippen molar-refractivity contribution in [2.45, 2.75) is 19.4 Å². The van der Waals surface area contributed by atoms with Crippen LogP contribution in [0.3, 0.4) is 0 Å². The van der Waals surface area contributed by atoms with Crippen LogP contribution in [-0.2, 0) is 10.2 Å². The largest absolute Gasteiger partial charge is 0.314 e. The van der Waals surface area contributed by atoms with Gasteiger partial charge in [-0.15, -0.1) is 0 Å². The molecule has 0 radical (unpaired) electrons. The number of nitrogens with one attached hydrogen (secondary N) is 1. The Kier molecular flexibility index (Phi) is 3.05. The molecule has 1 rings (SSSR count). The Balaban J connectivity index is 2.72. The Morgan fingerprint density at radius 3 is 2.75 bits per heavy atom. The van der Waals surface area contributed by atoms with E-state index in [1.165, 1.54) is 4.31 Å². The van der Waals surface area contributed by atoms with Gasteiger partial charge in [-0.05, 0) is 6.42 Å². The molecule has 1 aliphatic rings. The maximum Gasteiger partial charge on any atom is 0.277 e. The minimum atomic E-state index is -3.49. The summed E-state index contributed by atoms with van der Waals surface area (Å²) in [4.78, 5) is 0. The van der Waals surface area contributed by atoms with E-state index < -0.39 is 10.2 Å². The highest BCUT2D eigenvalue weighted by atomic mass is 32.2. The molecule has 1 saturated heterocycles. The number of rotatable bonds is 2. The van der Waals surface area contributed by atoms with Crippen molar-refractivity contribution in [1.29, 1.82) is 0 Å². The van der Waals surface area contributed by atoms with E-state index >= 15 is 0 Å². The monoisotopic (exact) mass is 193 g/mol. The molecule has 12 heavy (non-hydrogen) atoms. The van der Waals surface area contributed by atoms with Gasteiger partial charge in [-0.2, -0.15) is 12.7 Å². The number of hydrogen-bond donors (Lipinski definition) is 2. The standard InChI is InChI=1S/C6H15N3O2S/c1-2-6-5-8-3-4-9(6)12(7,10)11/h6,8H,2-5H2,1H3,(H2,7,10,11). The first-order valence-electron chi connectivity index (χ1n) is 4.06. The second-order valence-electron chi connectivity index (χ2n) is 2.92. The molecular formula is C6H15N3O2S. The summed E-state index contributed by atoms with van der Waals surface area (Å²) in [7, 11) is -3.49. The van der Waals surface area contributed by atoms with Gasteiger partial charge in [0.25, 0.3) is 10.2 Å². The van der Waals surface area contributed by atoms with Crippen molar-refractivity contribution in [2.24, 2.45) is 5.14 Å². The van der Waals surface area contributed by atoms with Crippen LogP contribution in [0.5, 0.6) is 0 Å². The molecule has 0 saturated carbocycles. The third-order valence-corrected chi connectivity index (χ3v) is 3.23. The molecule has 1 unspecified atom stereocenters. The summed E-state index contributed by atoms with van der Waals surface area (Å²) in [5, 5.41) is 8.17. The molecule has 0 aliphatic carbocycles. The number of hydrogen-bond acceptors (Lipinski definition) is 3. The minimum Gasteiger partial charge on any atom is -0.314 e. The predicted octanol–water partition coefficient (Wildman–Crippen LogP) is -1.13. The van der Waals surface area contributed by atoms with E-state index in [1.807, 2.05) is 6.92 Å².